The van der Waals surface area contributed by atoms with E-state index < -0.39 is 5.91 Å². The number of aromatic nitrogens is 4. The molecule has 0 spiro atoms. The molecule has 1 amide bonds. The van der Waals surface area contributed by atoms with Crippen LogP contribution in [0.1, 0.15) is 40.0 Å². The average molecular weight is 365 g/mol. The molecule has 0 aliphatic rings. The predicted octanol–water partition coefficient (Wildman–Crippen LogP) is 1.87. The lowest BCUT2D eigenvalue weighted by molar-refractivity contribution is 0.101. The number of nitrogens with one attached hydrogen (secondary N) is 1. The molecule has 0 bridgehead atoms. The maximum atomic E-state index is 12.4. The Morgan fingerprint density at radius 2 is 1.85 bits per heavy atom. The van der Waals surface area contributed by atoms with Crippen LogP contribution in [0.5, 0.6) is 0 Å². The standard InChI is InChI=1S/C19H19N5O3/c1-3-11-24-16(25)9-8-15(22-24)19(27)21-14-6-4-13(5-7-14)17(26)18-20-10-12-23(18)2/h4-10,12H,3,11H2,1-2H3,(H,21,27). The van der Waals surface area contributed by atoms with Gasteiger partial charge in [0, 0.05) is 43.3 Å². The molecule has 1 aromatic carbocycles. The fourth-order valence-electron chi connectivity index (χ4n) is 2.56. The van der Waals surface area contributed by atoms with Gasteiger partial charge in [-0.05, 0) is 36.8 Å². The number of rotatable bonds is 6. The average Bonchev–Trinajstić information content (AvgIpc) is 3.09. The lowest BCUT2D eigenvalue weighted by Gasteiger charge is -2.08. The number of anilines is 1. The number of nitrogens with zero attached hydrogens (tertiary/aromatic N) is 4. The number of carbonyl (C=O) groups excluding carboxylic acids is 2. The van der Waals surface area contributed by atoms with Crippen molar-refractivity contribution in [3.8, 4) is 0 Å². The van der Waals surface area contributed by atoms with Crippen LogP contribution in [-0.4, -0.2) is 31.0 Å². The van der Waals surface area contributed by atoms with Crippen molar-refractivity contribution in [2.45, 2.75) is 19.9 Å². The molecule has 1 N–H and O–H groups in total. The molecule has 0 atom stereocenters. The van der Waals surface area contributed by atoms with E-state index >= 15 is 0 Å². The van der Waals surface area contributed by atoms with E-state index in [9.17, 15) is 14.4 Å². The molecule has 8 nitrogen and oxygen atoms in total. The summed E-state index contributed by atoms with van der Waals surface area (Å²) in [5.74, 6) is -0.286. The number of hydrogen-bond acceptors (Lipinski definition) is 5. The minimum absolute atomic E-state index is 0.149. The zero-order chi connectivity index (χ0) is 19.4. The highest BCUT2D eigenvalue weighted by atomic mass is 16.2. The van der Waals surface area contributed by atoms with Crippen LogP contribution < -0.4 is 10.9 Å². The third-order valence-electron chi connectivity index (χ3n) is 3.96. The van der Waals surface area contributed by atoms with Crippen LogP contribution in [0.3, 0.4) is 0 Å². The summed E-state index contributed by atoms with van der Waals surface area (Å²) in [5, 5.41) is 6.78. The minimum Gasteiger partial charge on any atom is -0.331 e. The highest BCUT2D eigenvalue weighted by molar-refractivity contribution is 6.07. The van der Waals surface area contributed by atoms with Gasteiger partial charge in [0.15, 0.2) is 5.82 Å². The van der Waals surface area contributed by atoms with Gasteiger partial charge >= 0.3 is 0 Å². The predicted molar refractivity (Wildman–Crippen MR) is 99.8 cm³/mol. The number of hydrogen-bond donors (Lipinski definition) is 1. The number of carbonyl (C=O) groups is 2. The van der Waals surface area contributed by atoms with Crippen LogP contribution in [0.15, 0.2) is 53.6 Å². The zero-order valence-electron chi connectivity index (χ0n) is 15.0. The first-order chi connectivity index (χ1) is 13.0. The van der Waals surface area contributed by atoms with Crippen molar-refractivity contribution in [1.29, 1.82) is 0 Å². The van der Waals surface area contributed by atoms with Crippen LogP contribution in [0, 0.1) is 0 Å². The van der Waals surface area contributed by atoms with Gasteiger partial charge in [0.05, 0.1) is 0 Å². The monoisotopic (exact) mass is 365 g/mol. The van der Waals surface area contributed by atoms with Gasteiger partial charge in [-0.3, -0.25) is 14.4 Å². The molecule has 3 rings (SSSR count). The first kappa shape index (κ1) is 18.2. The van der Waals surface area contributed by atoms with Crippen LogP contribution >= 0.6 is 0 Å². The fraction of sp³-hybridized carbons (Fsp3) is 0.211. The van der Waals surface area contributed by atoms with E-state index in [-0.39, 0.29) is 17.0 Å². The molecule has 0 aliphatic heterocycles. The third kappa shape index (κ3) is 4.00. The number of amides is 1. The summed E-state index contributed by atoms with van der Waals surface area (Å²) in [7, 11) is 1.75. The zero-order valence-corrected chi connectivity index (χ0v) is 15.0. The van der Waals surface area contributed by atoms with Crippen LogP contribution in [0.25, 0.3) is 0 Å². The Kier molecular flexibility index (Phi) is 5.25. The Labute approximate surface area is 155 Å². The van der Waals surface area contributed by atoms with E-state index in [0.717, 1.165) is 6.42 Å². The number of aryl methyl sites for hydroxylation is 2. The van der Waals surface area contributed by atoms with Gasteiger partial charge in [0.25, 0.3) is 11.5 Å². The molecule has 3 aromatic rings. The Hall–Kier alpha value is -3.55. The van der Waals surface area contributed by atoms with Crippen LogP contribution in [0.4, 0.5) is 5.69 Å². The molecular formula is C19H19N5O3. The summed E-state index contributed by atoms with van der Waals surface area (Å²) >= 11 is 0. The number of benzene rings is 1. The smallest absolute Gasteiger partial charge is 0.276 e. The summed E-state index contributed by atoms with van der Waals surface area (Å²) in [6.45, 7) is 2.37. The van der Waals surface area contributed by atoms with Gasteiger partial charge in [-0.25, -0.2) is 9.67 Å². The first-order valence-electron chi connectivity index (χ1n) is 8.51. The van der Waals surface area contributed by atoms with Gasteiger partial charge in [-0.15, -0.1) is 0 Å². The fourth-order valence-corrected chi connectivity index (χ4v) is 2.56. The molecule has 27 heavy (non-hydrogen) atoms. The Bertz CT molecular complexity index is 1030. The highest BCUT2D eigenvalue weighted by Crippen LogP contribution is 2.13. The van der Waals surface area contributed by atoms with E-state index in [0.29, 0.717) is 23.6 Å². The topological polar surface area (TPSA) is 98.9 Å². The lowest BCUT2D eigenvalue weighted by Crippen LogP contribution is -2.26. The first-order valence-corrected chi connectivity index (χ1v) is 8.51. The lowest BCUT2D eigenvalue weighted by atomic mass is 10.1. The van der Waals surface area contributed by atoms with Gasteiger partial charge in [0.1, 0.15) is 5.69 Å². The van der Waals surface area contributed by atoms with Crippen LogP contribution in [0.2, 0.25) is 0 Å². The largest absolute Gasteiger partial charge is 0.331 e. The third-order valence-corrected chi connectivity index (χ3v) is 3.96. The van der Waals surface area contributed by atoms with Crippen molar-refractivity contribution in [3.05, 3.63) is 76.2 Å². The minimum atomic E-state index is -0.428. The molecule has 0 aliphatic carbocycles. The Morgan fingerprint density at radius 1 is 1.11 bits per heavy atom. The molecule has 8 heteroatoms. The second-order valence-corrected chi connectivity index (χ2v) is 6.00. The molecule has 2 aromatic heterocycles. The number of ketones is 1. The quantitative estimate of drug-likeness (QED) is 0.673. The molecule has 0 fully saturated rings. The second kappa shape index (κ2) is 7.77. The molecule has 0 unspecified atom stereocenters. The van der Waals surface area contributed by atoms with Crippen molar-refractivity contribution in [2.24, 2.45) is 7.05 Å². The molecule has 138 valence electrons. The summed E-state index contributed by atoms with van der Waals surface area (Å²) in [6, 6.07) is 9.23. The van der Waals surface area contributed by atoms with Gasteiger partial charge < -0.3 is 9.88 Å². The Balaban J connectivity index is 1.74. The molecular weight excluding hydrogens is 346 g/mol. The molecule has 0 saturated carbocycles. The summed E-state index contributed by atoms with van der Waals surface area (Å²) in [6.07, 6.45) is 4.00. The summed E-state index contributed by atoms with van der Waals surface area (Å²) < 4.78 is 2.92. The van der Waals surface area contributed by atoms with E-state index in [1.165, 1.54) is 16.8 Å². The normalized spacial score (nSPS) is 10.6. The van der Waals surface area contributed by atoms with Gasteiger partial charge in [-0.1, -0.05) is 6.92 Å². The van der Waals surface area contributed by atoms with Crippen molar-refractivity contribution in [1.82, 2.24) is 19.3 Å². The molecule has 0 saturated heterocycles. The van der Waals surface area contributed by atoms with Crippen molar-refractivity contribution in [3.63, 3.8) is 0 Å². The van der Waals surface area contributed by atoms with Gasteiger partial charge in [-0.2, -0.15) is 5.10 Å². The van der Waals surface area contributed by atoms with Crippen molar-refractivity contribution < 1.29 is 9.59 Å². The van der Waals surface area contributed by atoms with Crippen molar-refractivity contribution >= 4 is 17.4 Å². The summed E-state index contributed by atoms with van der Waals surface area (Å²) in [4.78, 5) is 40.5. The Morgan fingerprint density at radius 3 is 2.48 bits per heavy atom. The molecule has 2 heterocycles. The second-order valence-electron chi connectivity index (χ2n) is 6.00. The van der Waals surface area contributed by atoms with E-state index in [1.807, 2.05) is 6.92 Å². The van der Waals surface area contributed by atoms with Gasteiger partial charge in [0.2, 0.25) is 5.78 Å². The van der Waals surface area contributed by atoms with E-state index in [2.05, 4.69) is 15.4 Å². The van der Waals surface area contributed by atoms with E-state index in [1.54, 1.807) is 48.3 Å². The van der Waals surface area contributed by atoms with Crippen LogP contribution in [-0.2, 0) is 13.6 Å². The SMILES string of the molecule is CCCn1nc(C(=O)Nc2ccc(C(=O)c3nccn3C)cc2)ccc1=O. The van der Waals surface area contributed by atoms with E-state index in [4.69, 9.17) is 0 Å². The number of imidazole rings is 1. The maximum absolute atomic E-state index is 12.4. The summed E-state index contributed by atoms with van der Waals surface area (Å²) in [5.41, 5.74) is 0.894. The molecule has 0 radical (unpaired) electrons. The van der Waals surface area contributed by atoms with Crippen molar-refractivity contribution in [2.75, 3.05) is 5.32 Å². The maximum Gasteiger partial charge on any atom is 0.276 e. The highest BCUT2D eigenvalue weighted by Gasteiger charge is 2.14.